The number of nitrogens with one attached hydrogen (secondary N) is 1. The molecule has 1 fully saturated rings. The number of halogens is 2. The van der Waals surface area contributed by atoms with Crippen molar-refractivity contribution in [3.05, 3.63) is 93.3 Å². The van der Waals surface area contributed by atoms with E-state index in [2.05, 4.69) is 21.2 Å². The van der Waals surface area contributed by atoms with Crippen molar-refractivity contribution in [3.8, 4) is 0 Å². The summed E-state index contributed by atoms with van der Waals surface area (Å²) in [6.45, 7) is 5.31. The Balaban J connectivity index is 1.12. The van der Waals surface area contributed by atoms with Gasteiger partial charge in [-0.25, -0.2) is 0 Å². The first-order valence-electron chi connectivity index (χ1n) is 13.0. The Morgan fingerprint density at radius 2 is 1.69 bits per heavy atom. The number of carbonyl (C=O) groups is 2. The lowest BCUT2D eigenvalue weighted by atomic mass is 10.2. The third-order valence-electron chi connectivity index (χ3n) is 6.82. The summed E-state index contributed by atoms with van der Waals surface area (Å²) in [5, 5.41) is 4.41. The lowest BCUT2D eigenvalue weighted by Gasteiger charge is -2.36. The van der Waals surface area contributed by atoms with Crippen molar-refractivity contribution in [2.24, 2.45) is 0 Å². The summed E-state index contributed by atoms with van der Waals surface area (Å²) in [4.78, 5) is 34.1. The summed E-state index contributed by atoms with van der Waals surface area (Å²) in [6, 6.07) is 23.0. The van der Waals surface area contributed by atoms with Crippen molar-refractivity contribution < 1.29 is 9.59 Å². The molecule has 0 radical (unpaired) electrons. The maximum atomic E-state index is 13.4. The number of nitrogens with zero attached hydrogens (tertiary/aromatic N) is 3. The average Bonchev–Trinajstić information content (AvgIpc) is 2.95. The molecule has 0 bridgehead atoms. The number of benzene rings is 3. The minimum atomic E-state index is -0.179. The number of para-hydroxylation sites is 1. The summed E-state index contributed by atoms with van der Waals surface area (Å²) in [6.07, 6.45) is 2.70. The van der Waals surface area contributed by atoms with Gasteiger partial charge in [-0.05, 0) is 67.1 Å². The van der Waals surface area contributed by atoms with E-state index in [1.165, 1.54) is 11.8 Å². The molecule has 5 rings (SSSR count). The fourth-order valence-electron chi connectivity index (χ4n) is 4.76. The number of thioether (sulfide) groups is 1. The average molecular weight is 582 g/mol. The number of anilines is 2. The second-order valence-electron chi connectivity index (χ2n) is 9.53. The normalized spacial score (nSPS) is 16.9. The van der Waals surface area contributed by atoms with Gasteiger partial charge in [0, 0.05) is 53.4 Å². The van der Waals surface area contributed by atoms with Crippen LogP contribution in [0, 0.1) is 0 Å². The van der Waals surface area contributed by atoms with Gasteiger partial charge in [-0.3, -0.25) is 19.4 Å². The van der Waals surface area contributed by atoms with Crippen LogP contribution in [0.1, 0.15) is 12.0 Å². The number of piperazine rings is 1. The summed E-state index contributed by atoms with van der Waals surface area (Å²) in [7, 11) is 0. The van der Waals surface area contributed by atoms with E-state index < -0.39 is 0 Å². The zero-order valence-electron chi connectivity index (χ0n) is 21.5. The van der Waals surface area contributed by atoms with Crippen molar-refractivity contribution in [2.75, 3.05) is 55.6 Å². The predicted molar refractivity (Wildman–Crippen MR) is 162 cm³/mol. The van der Waals surface area contributed by atoms with Gasteiger partial charge in [-0.2, -0.15) is 0 Å². The third kappa shape index (κ3) is 7.17. The monoisotopic (exact) mass is 580 g/mol. The van der Waals surface area contributed by atoms with E-state index in [1.54, 1.807) is 17.0 Å². The zero-order chi connectivity index (χ0) is 27.2. The van der Waals surface area contributed by atoms with Crippen LogP contribution in [0.15, 0.2) is 82.6 Å². The van der Waals surface area contributed by atoms with E-state index in [-0.39, 0.29) is 18.4 Å². The molecule has 0 spiro atoms. The maximum Gasteiger partial charge on any atom is 0.265 e. The molecule has 6 nitrogen and oxygen atoms in total. The smallest absolute Gasteiger partial charge is 0.265 e. The fraction of sp³-hybridized carbons (Fsp3) is 0.267. The van der Waals surface area contributed by atoms with Gasteiger partial charge >= 0.3 is 0 Å². The van der Waals surface area contributed by atoms with E-state index in [0.717, 1.165) is 66.0 Å². The highest BCUT2D eigenvalue weighted by molar-refractivity contribution is 8.04. The largest absolute Gasteiger partial charge is 0.369 e. The van der Waals surface area contributed by atoms with Crippen molar-refractivity contribution >= 4 is 64.2 Å². The van der Waals surface area contributed by atoms with Gasteiger partial charge in [0.2, 0.25) is 5.91 Å². The SMILES string of the molecule is O=C(CN1C(=O)C(=Cc2ccc(Cl)cc2)Sc2ccccc21)NCCCN1CCN(c2cccc(Cl)c2)CC1. The molecule has 39 heavy (non-hydrogen) atoms. The van der Waals surface area contributed by atoms with Gasteiger partial charge in [-0.15, -0.1) is 0 Å². The number of carbonyl (C=O) groups excluding carboxylic acids is 2. The van der Waals surface area contributed by atoms with Gasteiger partial charge in [-0.1, -0.05) is 65.3 Å². The molecular formula is C30H30Cl2N4O2S. The summed E-state index contributed by atoms with van der Waals surface area (Å²) in [5.74, 6) is -0.344. The first-order chi connectivity index (χ1) is 19.0. The van der Waals surface area contributed by atoms with E-state index in [0.29, 0.717) is 16.5 Å². The van der Waals surface area contributed by atoms with Gasteiger partial charge in [0.15, 0.2) is 0 Å². The lowest BCUT2D eigenvalue weighted by Crippen LogP contribution is -2.47. The Morgan fingerprint density at radius 3 is 2.46 bits per heavy atom. The molecule has 1 saturated heterocycles. The molecule has 2 aliphatic rings. The van der Waals surface area contributed by atoms with Gasteiger partial charge in [0.1, 0.15) is 6.54 Å². The summed E-state index contributed by atoms with van der Waals surface area (Å²) in [5.41, 5.74) is 2.80. The molecule has 9 heteroatoms. The van der Waals surface area contributed by atoms with Crippen molar-refractivity contribution in [3.63, 3.8) is 0 Å². The second-order valence-corrected chi connectivity index (χ2v) is 11.5. The van der Waals surface area contributed by atoms with Crippen LogP contribution in [0.3, 0.4) is 0 Å². The van der Waals surface area contributed by atoms with E-state index >= 15 is 0 Å². The topological polar surface area (TPSA) is 55.9 Å². The van der Waals surface area contributed by atoms with Gasteiger partial charge in [0.25, 0.3) is 5.91 Å². The minimum Gasteiger partial charge on any atom is -0.369 e. The van der Waals surface area contributed by atoms with Crippen LogP contribution in [-0.2, 0) is 9.59 Å². The number of hydrogen-bond donors (Lipinski definition) is 1. The van der Waals surface area contributed by atoms with Crippen molar-refractivity contribution in [1.29, 1.82) is 0 Å². The molecule has 0 aliphatic carbocycles. The standard InChI is InChI=1S/C30H30Cl2N4O2S/c31-23-11-9-22(10-12-23)19-28-30(38)36(26-7-1-2-8-27(26)39-28)21-29(37)33-13-4-14-34-15-17-35(18-16-34)25-6-3-5-24(32)20-25/h1-3,5-12,19-20H,4,13-18,21H2,(H,33,37). The predicted octanol–water partition coefficient (Wildman–Crippen LogP) is 5.80. The maximum absolute atomic E-state index is 13.4. The number of hydrogen-bond acceptors (Lipinski definition) is 5. The number of fused-ring (bicyclic) bond motifs is 1. The first kappa shape index (κ1) is 27.6. The highest BCUT2D eigenvalue weighted by Gasteiger charge is 2.30. The Bertz CT molecular complexity index is 1360. The first-order valence-corrected chi connectivity index (χ1v) is 14.6. The summed E-state index contributed by atoms with van der Waals surface area (Å²) >= 11 is 13.6. The Kier molecular flexibility index (Phi) is 9.14. The van der Waals surface area contributed by atoms with Crippen LogP contribution in [0.4, 0.5) is 11.4 Å². The molecule has 2 amide bonds. The molecule has 0 unspecified atom stereocenters. The van der Waals surface area contributed by atoms with E-state index in [4.69, 9.17) is 23.2 Å². The third-order valence-corrected chi connectivity index (χ3v) is 8.38. The molecule has 1 N–H and O–H groups in total. The Labute approximate surface area is 243 Å². The quantitative estimate of drug-likeness (QED) is 0.269. The van der Waals surface area contributed by atoms with Crippen molar-refractivity contribution in [2.45, 2.75) is 11.3 Å². The summed E-state index contributed by atoms with van der Waals surface area (Å²) < 4.78 is 0. The highest BCUT2D eigenvalue weighted by Crippen LogP contribution is 2.41. The van der Waals surface area contributed by atoms with Crippen LogP contribution >= 0.6 is 35.0 Å². The molecule has 2 heterocycles. The van der Waals surface area contributed by atoms with Crippen molar-refractivity contribution in [1.82, 2.24) is 10.2 Å². The molecule has 0 aromatic heterocycles. The highest BCUT2D eigenvalue weighted by atomic mass is 35.5. The molecule has 3 aromatic rings. The minimum absolute atomic E-state index is 0.0212. The van der Waals surface area contributed by atoms with Gasteiger partial charge < -0.3 is 10.2 Å². The Hall–Kier alpha value is -2.97. The number of amides is 2. The molecule has 0 saturated carbocycles. The van der Waals surface area contributed by atoms with E-state index in [9.17, 15) is 9.59 Å². The fourth-order valence-corrected chi connectivity index (χ4v) is 6.13. The lowest BCUT2D eigenvalue weighted by molar-refractivity contribution is -0.122. The van der Waals surface area contributed by atoms with Crippen LogP contribution in [0.25, 0.3) is 6.08 Å². The molecular weight excluding hydrogens is 551 g/mol. The Morgan fingerprint density at radius 1 is 0.923 bits per heavy atom. The molecule has 202 valence electrons. The van der Waals surface area contributed by atoms with E-state index in [1.807, 2.05) is 60.7 Å². The van der Waals surface area contributed by atoms with Crippen LogP contribution in [0.2, 0.25) is 10.0 Å². The molecule has 2 aliphatic heterocycles. The van der Waals surface area contributed by atoms with Crippen LogP contribution in [-0.4, -0.2) is 62.5 Å². The second kappa shape index (κ2) is 12.9. The zero-order valence-corrected chi connectivity index (χ0v) is 23.8. The molecule has 3 aromatic carbocycles. The van der Waals surface area contributed by atoms with Crippen LogP contribution < -0.4 is 15.1 Å². The molecule has 0 atom stereocenters. The van der Waals surface area contributed by atoms with Gasteiger partial charge in [0.05, 0.1) is 10.6 Å². The van der Waals surface area contributed by atoms with Crippen LogP contribution in [0.5, 0.6) is 0 Å². The number of rotatable bonds is 8.